The largest absolute Gasteiger partial charge is 0.269 e. The zero-order chi connectivity index (χ0) is 4.12. The molecule has 0 rings (SSSR count). The minimum Gasteiger partial charge on any atom is -0.269 e. The van der Waals surface area contributed by atoms with E-state index in [0.717, 1.165) is 0 Å². The maximum atomic E-state index is 8.79. The van der Waals surface area contributed by atoms with Gasteiger partial charge in [-0.05, 0) is 0 Å². The third-order valence-corrected chi connectivity index (χ3v) is 0.0900. The second kappa shape index (κ2) is 2.96. The van der Waals surface area contributed by atoms with E-state index in [1.54, 1.807) is 0 Å². The average molecular weight is 71.0 g/mol. The molecule has 0 aliphatic heterocycles. The molecule has 0 bridgehead atoms. The van der Waals surface area contributed by atoms with Crippen molar-refractivity contribution < 1.29 is 4.84 Å². The Balaban J connectivity index is 2.75. The highest BCUT2D eigenvalue weighted by atomic mass is 16.7. The molecule has 26 valence electrons. The van der Waals surface area contributed by atoms with Gasteiger partial charge in [-0.2, -0.15) is 0 Å². The summed E-state index contributed by atoms with van der Waals surface area (Å²) in [5, 5.41) is 1.87. The first kappa shape index (κ1) is 3.96. The lowest BCUT2D eigenvalue weighted by molar-refractivity contribution is 0.293. The van der Waals surface area contributed by atoms with Crippen molar-refractivity contribution >= 4 is 0 Å². The molecule has 0 saturated carbocycles. The van der Waals surface area contributed by atoms with Gasteiger partial charge >= 0.3 is 0 Å². The van der Waals surface area contributed by atoms with E-state index in [1.807, 2.05) is 5.34 Å². The van der Waals surface area contributed by atoms with Crippen molar-refractivity contribution in [1.29, 1.82) is 0 Å². The summed E-state index contributed by atoms with van der Waals surface area (Å²) in [6.45, 7) is 0. The van der Waals surface area contributed by atoms with Crippen LogP contribution in [0.15, 0.2) is 5.34 Å². The summed E-state index contributed by atoms with van der Waals surface area (Å²) in [7, 11) is 0. The molecule has 0 radical (unpaired) electrons. The highest BCUT2D eigenvalue weighted by Crippen LogP contribution is 1.59. The Morgan fingerprint density at radius 3 is 2.60 bits per heavy atom. The van der Waals surface area contributed by atoms with Gasteiger partial charge in [0.25, 0.3) is 0 Å². The molecule has 0 heterocycles. The lowest BCUT2D eigenvalue weighted by atomic mass is 11.3. The van der Waals surface area contributed by atoms with Crippen LogP contribution < -0.4 is 0 Å². The van der Waals surface area contributed by atoms with E-state index in [1.165, 1.54) is 6.11 Å². The summed E-state index contributed by atoms with van der Waals surface area (Å²) >= 11 is 0. The summed E-state index contributed by atoms with van der Waals surface area (Å²) < 4.78 is 0. The Morgan fingerprint density at radius 2 is 2.60 bits per heavy atom. The first-order valence-corrected chi connectivity index (χ1v) is 0.858. The van der Waals surface area contributed by atoms with Gasteiger partial charge in [-0.25, -0.2) is 0 Å². The van der Waals surface area contributed by atoms with Gasteiger partial charge in [-0.3, -0.25) is 4.84 Å². The molecular weight excluding hydrogens is 70.0 g/mol. The molecule has 5 heavy (non-hydrogen) atoms. The van der Waals surface area contributed by atoms with Crippen molar-refractivity contribution in [2.45, 2.75) is 0 Å². The zero-order valence-corrected chi connectivity index (χ0v) is 2.34. The molecule has 0 aromatic heterocycles. The van der Waals surface area contributed by atoms with E-state index < -0.39 is 0 Å². The van der Waals surface area contributed by atoms with Gasteiger partial charge in [-0.15, -0.1) is 4.91 Å². The van der Waals surface area contributed by atoms with Crippen molar-refractivity contribution in [1.82, 2.24) is 0 Å². The normalized spacial score (nSPS) is 4.60. The van der Waals surface area contributed by atoms with Gasteiger partial charge in [-0.1, -0.05) is 6.42 Å². The third-order valence-electron chi connectivity index (χ3n) is 0.0900. The van der Waals surface area contributed by atoms with Crippen LogP contribution in [0, 0.1) is 17.4 Å². The molecule has 3 nitrogen and oxygen atoms in total. The summed E-state index contributed by atoms with van der Waals surface area (Å²) in [6, 6.07) is 0. The topological polar surface area (TPSA) is 38.7 Å². The SMILES string of the molecule is C#CON=O. The quantitative estimate of drug-likeness (QED) is 0.253. The second-order valence-corrected chi connectivity index (χ2v) is 0.284. The fourth-order valence-electron chi connectivity index (χ4n) is 0.0215. The van der Waals surface area contributed by atoms with Crippen LogP contribution >= 0.6 is 0 Å². The Morgan fingerprint density at radius 1 is 2.00 bits per heavy atom. The summed E-state index contributed by atoms with van der Waals surface area (Å²) in [5.74, 6) is 0. The van der Waals surface area contributed by atoms with E-state index in [0.29, 0.717) is 0 Å². The van der Waals surface area contributed by atoms with E-state index in [2.05, 4.69) is 11.3 Å². The molecule has 0 aromatic rings. The summed E-state index contributed by atoms with van der Waals surface area (Å²) in [6.07, 6.45) is 5.91. The van der Waals surface area contributed by atoms with Crippen LogP contribution in [0.25, 0.3) is 0 Å². The summed E-state index contributed by atoms with van der Waals surface area (Å²) in [4.78, 5) is 12.2. The Hall–Kier alpha value is -1.04. The number of hydrogen-bond donors (Lipinski definition) is 0. The molecule has 0 aliphatic carbocycles. The molecule has 0 unspecified atom stereocenters. The van der Waals surface area contributed by atoms with Crippen molar-refractivity contribution in [2.75, 3.05) is 0 Å². The highest BCUT2D eigenvalue weighted by Gasteiger charge is 1.53. The van der Waals surface area contributed by atoms with E-state index in [9.17, 15) is 0 Å². The molecule has 0 atom stereocenters. The fraction of sp³-hybridized carbons (Fsp3) is 0. The maximum Gasteiger partial charge on any atom is 0.170 e. The molecule has 0 spiro atoms. The predicted molar refractivity (Wildman–Crippen MR) is 15.7 cm³/mol. The van der Waals surface area contributed by atoms with Gasteiger partial charge in [0.05, 0.1) is 0 Å². The standard InChI is InChI=1S/C2HNO2/c1-2-5-3-4/h1H. The summed E-state index contributed by atoms with van der Waals surface area (Å²) in [5.41, 5.74) is 0. The van der Waals surface area contributed by atoms with E-state index in [-0.39, 0.29) is 0 Å². The van der Waals surface area contributed by atoms with Crippen LogP contribution in [-0.4, -0.2) is 0 Å². The molecule has 0 amide bonds. The van der Waals surface area contributed by atoms with Crippen LogP contribution in [0.5, 0.6) is 0 Å². The second-order valence-electron chi connectivity index (χ2n) is 0.284. The number of hydrogen-bond acceptors (Lipinski definition) is 3. The van der Waals surface area contributed by atoms with Crippen LogP contribution in [-0.2, 0) is 4.84 Å². The van der Waals surface area contributed by atoms with Crippen LogP contribution in [0.2, 0.25) is 0 Å². The van der Waals surface area contributed by atoms with Crippen molar-refractivity contribution in [2.24, 2.45) is 5.34 Å². The maximum absolute atomic E-state index is 8.79. The lowest BCUT2D eigenvalue weighted by Crippen LogP contribution is -1.54. The van der Waals surface area contributed by atoms with Gasteiger partial charge in [0.2, 0.25) is 0 Å². The predicted octanol–water partition coefficient (Wildman–Crippen LogP) is 0.275. The monoisotopic (exact) mass is 71.0 g/mol. The van der Waals surface area contributed by atoms with Crippen molar-refractivity contribution in [3.8, 4) is 12.5 Å². The molecule has 0 aromatic carbocycles. The first-order chi connectivity index (χ1) is 2.41. The molecule has 0 saturated heterocycles. The molecule has 0 aliphatic rings. The zero-order valence-electron chi connectivity index (χ0n) is 2.34. The van der Waals surface area contributed by atoms with Crippen LogP contribution in [0.4, 0.5) is 0 Å². The minimum atomic E-state index is 1.54. The lowest BCUT2D eigenvalue weighted by Gasteiger charge is -1.61. The highest BCUT2D eigenvalue weighted by molar-refractivity contribution is 4.65. The van der Waals surface area contributed by atoms with E-state index >= 15 is 0 Å². The Bertz CT molecular complexity index is 62.5. The smallest absolute Gasteiger partial charge is 0.170 e. The molecular formula is C2HNO2. The van der Waals surface area contributed by atoms with Gasteiger partial charge in [0, 0.05) is 0 Å². The van der Waals surface area contributed by atoms with E-state index in [4.69, 9.17) is 4.91 Å². The molecule has 0 fully saturated rings. The van der Waals surface area contributed by atoms with Crippen LogP contribution in [0.3, 0.4) is 0 Å². The number of terminal acetylenes is 1. The Labute approximate surface area is 28.9 Å². The van der Waals surface area contributed by atoms with Crippen molar-refractivity contribution in [3.05, 3.63) is 4.91 Å². The fourth-order valence-corrected chi connectivity index (χ4v) is 0.0215. The third kappa shape index (κ3) is 2.96. The number of rotatable bonds is 1. The van der Waals surface area contributed by atoms with Crippen molar-refractivity contribution in [3.63, 3.8) is 0 Å². The van der Waals surface area contributed by atoms with Gasteiger partial charge < -0.3 is 0 Å². The molecule has 3 heteroatoms. The Kier molecular flexibility index (Phi) is 2.34. The first-order valence-electron chi connectivity index (χ1n) is 0.858. The van der Waals surface area contributed by atoms with Crippen LogP contribution in [0.1, 0.15) is 0 Å². The minimum absolute atomic E-state index is 1.54. The van der Waals surface area contributed by atoms with Gasteiger partial charge in [0.15, 0.2) is 5.34 Å². The molecule has 0 N–H and O–H groups in total. The average Bonchev–Trinajstić information content (AvgIpc) is 1.41. The van der Waals surface area contributed by atoms with Gasteiger partial charge in [0.1, 0.15) is 6.11 Å². The number of nitrogens with zero attached hydrogens (tertiary/aromatic N) is 1.